The van der Waals surface area contributed by atoms with E-state index in [-0.39, 0.29) is 47.3 Å². The normalized spacial score (nSPS) is 18.9. The van der Waals surface area contributed by atoms with Gasteiger partial charge in [0.25, 0.3) is 15.9 Å². The Bertz CT molecular complexity index is 1370. The molecule has 1 aromatic heterocycles. The van der Waals surface area contributed by atoms with Crippen LogP contribution >= 0.6 is 0 Å². The fourth-order valence-electron chi connectivity index (χ4n) is 3.85. The standard InChI is InChI=1S/C19H15N5O6S/c25-16-7-6-14(18(26)20-16)24-9-10-8-11(4-5-12(10)19(24)27)23-31(28,29)15-3-1-2-13-17(15)22-30-21-13/h1-5,8,14,23H,6-7,9H2,(H,20,25,26). The highest BCUT2D eigenvalue weighted by Crippen LogP contribution is 2.30. The lowest BCUT2D eigenvalue weighted by Gasteiger charge is -2.29. The van der Waals surface area contributed by atoms with Crippen LogP contribution in [0.4, 0.5) is 5.69 Å². The number of hydrogen-bond acceptors (Lipinski definition) is 8. The van der Waals surface area contributed by atoms with Crippen molar-refractivity contribution in [2.45, 2.75) is 30.3 Å². The Morgan fingerprint density at radius 3 is 2.77 bits per heavy atom. The number of benzene rings is 2. The summed E-state index contributed by atoms with van der Waals surface area (Å²) < 4.78 is 32.9. The predicted octanol–water partition coefficient (Wildman–Crippen LogP) is 0.785. The Kier molecular flexibility index (Phi) is 4.25. The number of rotatable bonds is 4. The maximum Gasteiger partial charge on any atom is 0.264 e. The zero-order valence-electron chi connectivity index (χ0n) is 15.9. The molecule has 2 aliphatic heterocycles. The van der Waals surface area contributed by atoms with E-state index in [1.54, 1.807) is 12.1 Å². The minimum absolute atomic E-state index is 0.0898. The maximum atomic E-state index is 12.9. The highest BCUT2D eigenvalue weighted by atomic mass is 32.2. The summed E-state index contributed by atoms with van der Waals surface area (Å²) in [5.41, 5.74) is 1.63. The number of fused-ring (bicyclic) bond motifs is 2. The average Bonchev–Trinajstić information content (AvgIpc) is 3.32. The van der Waals surface area contributed by atoms with Gasteiger partial charge in [-0.15, -0.1) is 0 Å². The van der Waals surface area contributed by atoms with E-state index >= 15 is 0 Å². The van der Waals surface area contributed by atoms with E-state index in [0.29, 0.717) is 16.6 Å². The zero-order chi connectivity index (χ0) is 21.8. The highest BCUT2D eigenvalue weighted by Gasteiger charge is 2.39. The monoisotopic (exact) mass is 441 g/mol. The third-order valence-corrected chi connectivity index (χ3v) is 6.73. The van der Waals surface area contributed by atoms with Crippen molar-refractivity contribution in [3.05, 3.63) is 47.5 Å². The summed E-state index contributed by atoms with van der Waals surface area (Å²) in [5.74, 6) is -1.20. The predicted molar refractivity (Wildman–Crippen MR) is 105 cm³/mol. The quantitative estimate of drug-likeness (QED) is 0.564. The lowest BCUT2D eigenvalue weighted by atomic mass is 10.0. The van der Waals surface area contributed by atoms with Crippen molar-refractivity contribution in [2.75, 3.05) is 4.72 Å². The van der Waals surface area contributed by atoms with Crippen molar-refractivity contribution in [1.82, 2.24) is 20.5 Å². The molecule has 0 spiro atoms. The molecule has 12 heteroatoms. The Morgan fingerprint density at radius 2 is 1.97 bits per heavy atom. The van der Waals surface area contributed by atoms with Crippen molar-refractivity contribution < 1.29 is 27.4 Å². The van der Waals surface area contributed by atoms with E-state index in [1.807, 2.05) is 0 Å². The van der Waals surface area contributed by atoms with Crippen LogP contribution < -0.4 is 10.0 Å². The lowest BCUT2D eigenvalue weighted by molar-refractivity contribution is -0.136. The summed E-state index contributed by atoms with van der Waals surface area (Å²) in [7, 11) is -4.00. The molecule has 1 atom stereocenters. The van der Waals surface area contributed by atoms with Crippen molar-refractivity contribution in [1.29, 1.82) is 0 Å². The van der Waals surface area contributed by atoms with Gasteiger partial charge in [-0.3, -0.25) is 24.4 Å². The van der Waals surface area contributed by atoms with Gasteiger partial charge in [0.15, 0.2) is 5.52 Å². The van der Waals surface area contributed by atoms with Crippen molar-refractivity contribution >= 4 is 44.5 Å². The van der Waals surface area contributed by atoms with Crippen LogP contribution in [0.2, 0.25) is 0 Å². The number of anilines is 1. The van der Waals surface area contributed by atoms with E-state index < -0.39 is 22.0 Å². The second kappa shape index (κ2) is 6.87. The fraction of sp³-hybridized carbons (Fsp3) is 0.211. The second-order valence-electron chi connectivity index (χ2n) is 7.27. The van der Waals surface area contributed by atoms with Crippen LogP contribution in [0.1, 0.15) is 28.8 Å². The number of sulfonamides is 1. The molecule has 2 aromatic carbocycles. The third-order valence-electron chi connectivity index (χ3n) is 5.31. The molecule has 2 aliphatic rings. The van der Waals surface area contributed by atoms with Crippen LogP contribution in [-0.2, 0) is 26.2 Å². The number of piperidine rings is 1. The van der Waals surface area contributed by atoms with Gasteiger partial charge in [0.1, 0.15) is 16.5 Å². The molecule has 3 amide bonds. The van der Waals surface area contributed by atoms with Crippen molar-refractivity contribution in [2.24, 2.45) is 0 Å². The summed E-state index contributed by atoms with van der Waals surface area (Å²) in [6.45, 7) is 0.138. The van der Waals surface area contributed by atoms with Crippen LogP contribution in [0.25, 0.3) is 11.0 Å². The molecule has 31 heavy (non-hydrogen) atoms. The Balaban J connectivity index is 1.41. The average molecular weight is 441 g/mol. The smallest absolute Gasteiger partial charge is 0.264 e. The topological polar surface area (TPSA) is 152 Å². The van der Waals surface area contributed by atoms with Gasteiger partial charge in [-0.25, -0.2) is 13.0 Å². The first-order valence-corrected chi connectivity index (χ1v) is 10.8. The van der Waals surface area contributed by atoms with Crippen LogP contribution in [-0.4, -0.2) is 47.4 Å². The van der Waals surface area contributed by atoms with Gasteiger partial charge < -0.3 is 4.90 Å². The lowest BCUT2D eigenvalue weighted by Crippen LogP contribution is -2.52. The molecule has 2 N–H and O–H groups in total. The number of carbonyl (C=O) groups excluding carboxylic acids is 3. The van der Waals surface area contributed by atoms with E-state index in [0.717, 1.165) is 0 Å². The number of aromatic nitrogens is 2. The summed E-state index contributed by atoms with van der Waals surface area (Å²) in [5, 5.41) is 9.54. The van der Waals surface area contributed by atoms with Gasteiger partial charge in [0.05, 0.1) is 0 Å². The van der Waals surface area contributed by atoms with Crippen LogP contribution in [0.5, 0.6) is 0 Å². The van der Waals surface area contributed by atoms with Crippen molar-refractivity contribution in [3.8, 4) is 0 Å². The summed E-state index contributed by atoms with van der Waals surface area (Å²) in [4.78, 5) is 37.6. The number of carbonyl (C=O) groups is 3. The molecule has 0 bridgehead atoms. The van der Waals surface area contributed by atoms with Gasteiger partial charge in [0, 0.05) is 24.2 Å². The first kappa shape index (κ1) is 19.2. The Hall–Kier alpha value is -3.80. The first-order chi connectivity index (χ1) is 14.8. The zero-order valence-corrected chi connectivity index (χ0v) is 16.7. The first-order valence-electron chi connectivity index (χ1n) is 9.35. The number of nitrogens with one attached hydrogen (secondary N) is 2. The molecule has 3 heterocycles. The molecule has 0 radical (unpaired) electrons. The minimum atomic E-state index is -4.00. The van der Waals surface area contributed by atoms with E-state index in [2.05, 4.69) is 25.0 Å². The molecule has 0 aliphatic carbocycles. The molecule has 1 saturated heterocycles. The minimum Gasteiger partial charge on any atom is -0.322 e. The molecule has 11 nitrogen and oxygen atoms in total. The van der Waals surface area contributed by atoms with Gasteiger partial charge in [-0.2, -0.15) is 0 Å². The Labute approximate surface area is 175 Å². The molecule has 1 fully saturated rings. The second-order valence-corrected chi connectivity index (χ2v) is 8.92. The molecular formula is C19H15N5O6S. The molecule has 3 aromatic rings. The summed E-state index contributed by atoms with van der Waals surface area (Å²) >= 11 is 0. The number of amides is 3. The van der Waals surface area contributed by atoms with E-state index in [1.165, 1.54) is 29.2 Å². The summed E-state index contributed by atoms with van der Waals surface area (Å²) in [6.07, 6.45) is 0.406. The molecule has 158 valence electrons. The maximum absolute atomic E-state index is 12.9. The summed E-state index contributed by atoms with van der Waals surface area (Å²) in [6, 6.07) is 8.29. The largest absolute Gasteiger partial charge is 0.322 e. The Morgan fingerprint density at radius 1 is 1.13 bits per heavy atom. The number of hydrogen-bond donors (Lipinski definition) is 2. The van der Waals surface area contributed by atoms with Crippen LogP contribution in [0, 0.1) is 0 Å². The van der Waals surface area contributed by atoms with Crippen LogP contribution in [0.3, 0.4) is 0 Å². The van der Waals surface area contributed by atoms with Gasteiger partial charge in [0.2, 0.25) is 11.8 Å². The fourth-order valence-corrected chi connectivity index (χ4v) is 5.05. The van der Waals surface area contributed by atoms with Crippen LogP contribution in [0.15, 0.2) is 45.9 Å². The van der Waals surface area contributed by atoms with Gasteiger partial charge in [-0.1, -0.05) is 6.07 Å². The number of nitrogens with zero attached hydrogens (tertiary/aromatic N) is 3. The van der Waals surface area contributed by atoms with Crippen molar-refractivity contribution in [3.63, 3.8) is 0 Å². The highest BCUT2D eigenvalue weighted by molar-refractivity contribution is 7.93. The molecule has 1 unspecified atom stereocenters. The third kappa shape index (κ3) is 3.20. The molecule has 5 rings (SSSR count). The number of imide groups is 1. The van der Waals surface area contributed by atoms with Gasteiger partial charge in [-0.05, 0) is 52.6 Å². The SMILES string of the molecule is O=C1CCC(N2Cc3cc(NS(=O)(=O)c4cccc5nonc45)ccc3C2=O)C(=O)N1. The molecule has 0 saturated carbocycles. The van der Waals surface area contributed by atoms with E-state index in [9.17, 15) is 22.8 Å². The molecular weight excluding hydrogens is 426 g/mol. The van der Waals surface area contributed by atoms with E-state index in [4.69, 9.17) is 0 Å². The van der Waals surface area contributed by atoms with Gasteiger partial charge >= 0.3 is 0 Å².